The molecule has 0 radical (unpaired) electrons. The summed E-state index contributed by atoms with van der Waals surface area (Å²) in [5, 5.41) is 17.9. The largest absolute Gasteiger partial charge is 0.480 e. The molecule has 0 bridgehead atoms. The van der Waals surface area contributed by atoms with Gasteiger partial charge in [0, 0.05) is 6.04 Å². The van der Waals surface area contributed by atoms with Crippen LogP contribution in [0.3, 0.4) is 0 Å². The van der Waals surface area contributed by atoms with E-state index in [-0.39, 0.29) is 12.1 Å². The zero-order valence-electron chi connectivity index (χ0n) is 10.3. The lowest BCUT2D eigenvalue weighted by molar-refractivity contribution is -0.142. The summed E-state index contributed by atoms with van der Waals surface area (Å²) in [4.78, 5) is 13.2. The van der Waals surface area contributed by atoms with Gasteiger partial charge in [-0.15, -0.1) is 0 Å². The smallest absolute Gasteiger partial charge is 0.320 e. The molecule has 0 aliphatic carbocycles. The zero-order valence-corrected chi connectivity index (χ0v) is 10.3. The van der Waals surface area contributed by atoms with Gasteiger partial charge < -0.3 is 5.11 Å². The summed E-state index contributed by atoms with van der Waals surface area (Å²) in [5.41, 5.74) is 1.68. The molecule has 1 aromatic rings. The first-order valence-corrected chi connectivity index (χ1v) is 6.12. The Morgan fingerprint density at radius 1 is 1.50 bits per heavy atom. The van der Waals surface area contributed by atoms with Gasteiger partial charge in [-0.1, -0.05) is 12.1 Å². The number of hydrogen-bond donors (Lipinski definition) is 1. The Balaban J connectivity index is 2.17. The average Bonchev–Trinajstić information content (AvgIpc) is 2.87. The second-order valence-corrected chi connectivity index (χ2v) is 4.64. The molecule has 4 heteroatoms. The van der Waals surface area contributed by atoms with Crippen LogP contribution < -0.4 is 0 Å². The third kappa shape index (κ3) is 2.36. The average molecular weight is 244 g/mol. The van der Waals surface area contributed by atoms with E-state index in [1.54, 1.807) is 12.1 Å². The van der Waals surface area contributed by atoms with Gasteiger partial charge in [-0.3, -0.25) is 9.69 Å². The van der Waals surface area contributed by atoms with Crippen molar-refractivity contribution in [1.82, 2.24) is 4.90 Å². The van der Waals surface area contributed by atoms with Crippen LogP contribution in [0.1, 0.15) is 36.9 Å². The molecule has 1 aliphatic heterocycles. The minimum absolute atomic E-state index is 0.0707. The number of carboxylic acid groups (broad SMARTS) is 1. The Morgan fingerprint density at radius 2 is 2.17 bits per heavy atom. The Labute approximate surface area is 106 Å². The number of carbonyl (C=O) groups is 1. The number of benzene rings is 1. The molecule has 1 N–H and O–H groups in total. The third-order valence-electron chi connectivity index (χ3n) is 3.60. The van der Waals surface area contributed by atoms with E-state index < -0.39 is 5.97 Å². The highest BCUT2D eigenvalue weighted by Crippen LogP contribution is 2.29. The lowest BCUT2D eigenvalue weighted by Crippen LogP contribution is -2.37. The van der Waals surface area contributed by atoms with Crippen molar-refractivity contribution in [2.75, 3.05) is 6.54 Å². The van der Waals surface area contributed by atoms with Crippen LogP contribution in [0.25, 0.3) is 0 Å². The molecule has 0 saturated carbocycles. The van der Waals surface area contributed by atoms with Crippen LogP contribution in [0.4, 0.5) is 0 Å². The lowest BCUT2D eigenvalue weighted by atomic mass is 10.0. The molecule has 2 unspecified atom stereocenters. The second-order valence-electron chi connectivity index (χ2n) is 4.64. The fourth-order valence-electron chi connectivity index (χ4n) is 2.55. The predicted octanol–water partition coefficient (Wildman–Crippen LogP) is 2.17. The standard InChI is InChI=1S/C14H16N2O2/c1-10(12-6-4-11(9-15)5-7-12)16-8-2-3-13(16)14(17)18/h4-7,10,13H,2-3,8H2,1H3,(H,17,18). The van der Waals surface area contributed by atoms with Gasteiger partial charge in [0.05, 0.1) is 11.6 Å². The van der Waals surface area contributed by atoms with E-state index in [2.05, 4.69) is 6.07 Å². The van der Waals surface area contributed by atoms with Crippen LogP contribution in [-0.4, -0.2) is 28.6 Å². The van der Waals surface area contributed by atoms with Crippen LogP contribution in [0.5, 0.6) is 0 Å². The summed E-state index contributed by atoms with van der Waals surface area (Å²) in [5.74, 6) is -0.743. The number of rotatable bonds is 3. The maximum absolute atomic E-state index is 11.2. The topological polar surface area (TPSA) is 64.3 Å². The van der Waals surface area contributed by atoms with E-state index in [0.29, 0.717) is 5.56 Å². The van der Waals surface area contributed by atoms with Crippen molar-refractivity contribution in [1.29, 1.82) is 5.26 Å². The van der Waals surface area contributed by atoms with Crippen LogP contribution in [-0.2, 0) is 4.79 Å². The number of carboxylic acids is 1. The highest BCUT2D eigenvalue weighted by molar-refractivity contribution is 5.73. The SMILES string of the molecule is CC(c1ccc(C#N)cc1)N1CCCC1C(=O)O. The van der Waals surface area contributed by atoms with Crippen LogP contribution in [0.15, 0.2) is 24.3 Å². The summed E-state index contributed by atoms with van der Waals surface area (Å²) in [6, 6.07) is 9.13. The molecule has 94 valence electrons. The van der Waals surface area contributed by atoms with E-state index in [4.69, 9.17) is 5.26 Å². The molecule has 1 aliphatic rings. The van der Waals surface area contributed by atoms with Crippen LogP contribution in [0.2, 0.25) is 0 Å². The number of likely N-dealkylation sites (tertiary alicyclic amines) is 1. The molecule has 0 amide bonds. The van der Waals surface area contributed by atoms with Gasteiger partial charge in [-0.25, -0.2) is 0 Å². The predicted molar refractivity (Wildman–Crippen MR) is 66.9 cm³/mol. The summed E-state index contributed by atoms with van der Waals surface area (Å²) < 4.78 is 0. The van der Waals surface area contributed by atoms with Crippen molar-refractivity contribution >= 4 is 5.97 Å². The molecular formula is C14H16N2O2. The number of nitrogens with zero attached hydrogens (tertiary/aromatic N) is 2. The molecule has 0 aromatic heterocycles. The van der Waals surface area contributed by atoms with Gasteiger partial charge in [0.15, 0.2) is 0 Å². The van der Waals surface area contributed by atoms with Crippen LogP contribution >= 0.6 is 0 Å². The third-order valence-corrected chi connectivity index (χ3v) is 3.60. The maximum Gasteiger partial charge on any atom is 0.320 e. The van der Waals surface area contributed by atoms with Crippen molar-refractivity contribution < 1.29 is 9.90 Å². The van der Waals surface area contributed by atoms with Crippen molar-refractivity contribution in [2.24, 2.45) is 0 Å². The number of aliphatic carboxylic acids is 1. The highest BCUT2D eigenvalue weighted by atomic mass is 16.4. The van der Waals surface area contributed by atoms with Gasteiger partial charge in [0.25, 0.3) is 0 Å². The first-order chi connectivity index (χ1) is 8.63. The monoisotopic (exact) mass is 244 g/mol. The first-order valence-electron chi connectivity index (χ1n) is 6.12. The quantitative estimate of drug-likeness (QED) is 0.885. The molecule has 1 saturated heterocycles. The fourth-order valence-corrected chi connectivity index (χ4v) is 2.55. The van der Waals surface area contributed by atoms with Gasteiger partial charge in [0.1, 0.15) is 6.04 Å². The molecule has 1 aromatic carbocycles. The number of nitriles is 1. The van der Waals surface area contributed by atoms with Crippen molar-refractivity contribution in [2.45, 2.75) is 31.8 Å². The minimum Gasteiger partial charge on any atom is -0.480 e. The van der Waals surface area contributed by atoms with Crippen LogP contribution in [0, 0.1) is 11.3 Å². The van der Waals surface area contributed by atoms with Crippen molar-refractivity contribution in [3.05, 3.63) is 35.4 Å². The molecule has 0 spiro atoms. The molecule has 1 fully saturated rings. The molecule has 2 rings (SSSR count). The number of hydrogen-bond acceptors (Lipinski definition) is 3. The molecular weight excluding hydrogens is 228 g/mol. The molecule has 1 heterocycles. The Bertz CT molecular complexity index is 476. The molecule has 4 nitrogen and oxygen atoms in total. The van der Waals surface area contributed by atoms with E-state index in [9.17, 15) is 9.90 Å². The Kier molecular flexibility index (Phi) is 3.63. The normalized spacial score (nSPS) is 21.4. The second kappa shape index (κ2) is 5.19. The first kappa shape index (κ1) is 12.6. The summed E-state index contributed by atoms with van der Waals surface area (Å²) in [6.07, 6.45) is 1.65. The van der Waals surface area contributed by atoms with Gasteiger partial charge in [-0.2, -0.15) is 5.26 Å². The van der Waals surface area contributed by atoms with E-state index in [1.807, 2.05) is 24.0 Å². The Hall–Kier alpha value is -1.86. The summed E-state index contributed by atoms with van der Waals surface area (Å²) >= 11 is 0. The lowest BCUT2D eigenvalue weighted by Gasteiger charge is -2.28. The van der Waals surface area contributed by atoms with E-state index >= 15 is 0 Å². The van der Waals surface area contributed by atoms with Gasteiger partial charge in [0.2, 0.25) is 0 Å². The Morgan fingerprint density at radius 3 is 2.72 bits per heavy atom. The zero-order chi connectivity index (χ0) is 13.1. The maximum atomic E-state index is 11.2. The van der Waals surface area contributed by atoms with E-state index in [0.717, 1.165) is 24.9 Å². The molecule has 2 atom stereocenters. The van der Waals surface area contributed by atoms with Crippen molar-refractivity contribution in [3.8, 4) is 6.07 Å². The van der Waals surface area contributed by atoms with Crippen molar-refractivity contribution in [3.63, 3.8) is 0 Å². The highest BCUT2D eigenvalue weighted by Gasteiger charge is 2.33. The van der Waals surface area contributed by atoms with Gasteiger partial charge in [-0.05, 0) is 44.0 Å². The van der Waals surface area contributed by atoms with Gasteiger partial charge >= 0.3 is 5.97 Å². The fraction of sp³-hybridized carbons (Fsp3) is 0.429. The summed E-state index contributed by atoms with van der Waals surface area (Å²) in [7, 11) is 0. The summed E-state index contributed by atoms with van der Waals surface area (Å²) in [6.45, 7) is 2.83. The van der Waals surface area contributed by atoms with E-state index in [1.165, 1.54) is 0 Å². The molecule has 18 heavy (non-hydrogen) atoms. The minimum atomic E-state index is -0.743.